The summed E-state index contributed by atoms with van der Waals surface area (Å²) >= 11 is 0. The van der Waals surface area contributed by atoms with Gasteiger partial charge in [0.25, 0.3) is 0 Å². The summed E-state index contributed by atoms with van der Waals surface area (Å²) in [6, 6.07) is 0. The third-order valence-corrected chi connectivity index (χ3v) is 1.10. The zero-order valence-corrected chi connectivity index (χ0v) is 4.89. The summed E-state index contributed by atoms with van der Waals surface area (Å²) < 4.78 is 0. The largest absolute Gasteiger partial charge is 0.373 e. The molecule has 1 aliphatic rings. The van der Waals surface area contributed by atoms with E-state index in [4.69, 9.17) is 0 Å². The minimum Gasteiger partial charge on any atom is -0.373 e. The van der Waals surface area contributed by atoms with Crippen LogP contribution in [0.3, 0.4) is 0 Å². The molecule has 1 unspecified atom stereocenters. The maximum atomic E-state index is 3.09. The molecule has 0 aromatic rings. The van der Waals surface area contributed by atoms with E-state index in [0.29, 0.717) is 6.17 Å². The molecule has 1 atom stereocenters. The molecule has 2 N–H and O–H groups in total. The Labute approximate surface area is 49.3 Å². The van der Waals surface area contributed by atoms with Gasteiger partial charge in [-0.25, -0.2) is 0 Å². The number of hydrogen-bond acceptors (Lipinski definition) is 2. The fraction of sp³-hybridized carbons (Fsp3) is 0.333. The van der Waals surface area contributed by atoms with Crippen molar-refractivity contribution < 1.29 is 0 Å². The normalized spacial score (nSPS) is 25.4. The molecular weight excluding hydrogens is 100 g/mol. The standard InChI is InChI=1S/C6H10N2/c1-7-6-4-2-3-5-8-6/h2-8H,1H3. The molecule has 0 saturated heterocycles. The van der Waals surface area contributed by atoms with Crippen LogP contribution in [0.1, 0.15) is 0 Å². The Morgan fingerprint density at radius 1 is 1.50 bits per heavy atom. The second-order valence-corrected chi connectivity index (χ2v) is 1.68. The Kier molecular flexibility index (Phi) is 1.70. The van der Waals surface area contributed by atoms with Gasteiger partial charge in [-0.2, -0.15) is 0 Å². The Morgan fingerprint density at radius 3 is 2.75 bits per heavy atom. The van der Waals surface area contributed by atoms with Gasteiger partial charge in [0.2, 0.25) is 0 Å². The molecule has 0 saturated carbocycles. The van der Waals surface area contributed by atoms with Crippen molar-refractivity contribution in [1.82, 2.24) is 10.6 Å². The van der Waals surface area contributed by atoms with Crippen LogP contribution < -0.4 is 10.6 Å². The van der Waals surface area contributed by atoms with Gasteiger partial charge in [0.05, 0.1) is 6.17 Å². The first kappa shape index (κ1) is 5.38. The first-order valence-corrected chi connectivity index (χ1v) is 2.70. The van der Waals surface area contributed by atoms with Crippen molar-refractivity contribution in [2.45, 2.75) is 6.17 Å². The highest BCUT2D eigenvalue weighted by Crippen LogP contribution is 1.87. The van der Waals surface area contributed by atoms with Gasteiger partial charge in [0, 0.05) is 0 Å². The van der Waals surface area contributed by atoms with Gasteiger partial charge in [-0.1, -0.05) is 6.08 Å². The van der Waals surface area contributed by atoms with E-state index in [2.05, 4.69) is 16.7 Å². The molecule has 1 rings (SSSR count). The number of hydrogen-bond donors (Lipinski definition) is 2. The van der Waals surface area contributed by atoms with Gasteiger partial charge in [0.15, 0.2) is 0 Å². The molecule has 0 aromatic heterocycles. The monoisotopic (exact) mass is 110 g/mol. The van der Waals surface area contributed by atoms with Gasteiger partial charge in [-0.3, -0.25) is 5.32 Å². The van der Waals surface area contributed by atoms with Crippen LogP contribution in [-0.2, 0) is 0 Å². The molecule has 1 heterocycles. The molecule has 0 aromatic carbocycles. The van der Waals surface area contributed by atoms with Crippen molar-refractivity contribution >= 4 is 0 Å². The average molecular weight is 110 g/mol. The number of dihydropyridines is 1. The maximum Gasteiger partial charge on any atom is 0.0957 e. The summed E-state index contributed by atoms with van der Waals surface area (Å²) in [5.74, 6) is 0. The van der Waals surface area contributed by atoms with Crippen LogP contribution in [0, 0.1) is 0 Å². The quantitative estimate of drug-likeness (QED) is 0.504. The maximum absolute atomic E-state index is 3.09. The summed E-state index contributed by atoms with van der Waals surface area (Å²) in [6.45, 7) is 0. The average Bonchev–Trinajstić information content (AvgIpc) is 1.90. The van der Waals surface area contributed by atoms with E-state index in [1.54, 1.807) is 0 Å². The molecular formula is C6H10N2. The Balaban J connectivity index is 2.40. The van der Waals surface area contributed by atoms with Gasteiger partial charge in [-0.15, -0.1) is 0 Å². The van der Waals surface area contributed by atoms with Crippen molar-refractivity contribution in [2.24, 2.45) is 0 Å². The molecule has 44 valence electrons. The summed E-state index contributed by atoms with van der Waals surface area (Å²) in [5.41, 5.74) is 0. The van der Waals surface area contributed by atoms with Gasteiger partial charge in [-0.05, 0) is 25.4 Å². The Bertz CT molecular complexity index is 116. The molecule has 0 amide bonds. The van der Waals surface area contributed by atoms with E-state index in [1.807, 2.05) is 25.4 Å². The van der Waals surface area contributed by atoms with E-state index in [1.165, 1.54) is 0 Å². The summed E-state index contributed by atoms with van der Waals surface area (Å²) in [7, 11) is 1.92. The lowest BCUT2D eigenvalue weighted by molar-refractivity contribution is 0.606. The Morgan fingerprint density at radius 2 is 2.38 bits per heavy atom. The van der Waals surface area contributed by atoms with E-state index < -0.39 is 0 Å². The molecule has 8 heavy (non-hydrogen) atoms. The number of allylic oxidation sites excluding steroid dienone is 2. The van der Waals surface area contributed by atoms with E-state index >= 15 is 0 Å². The van der Waals surface area contributed by atoms with Crippen LogP contribution in [0.2, 0.25) is 0 Å². The molecule has 0 radical (unpaired) electrons. The van der Waals surface area contributed by atoms with Crippen molar-refractivity contribution in [1.29, 1.82) is 0 Å². The molecule has 0 spiro atoms. The molecule has 0 bridgehead atoms. The molecule has 1 aliphatic heterocycles. The van der Waals surface area contributed by atoms with Gasteiger partial charge >= 0.3 is 0 Å². The van der Waals surface area contributed by atoms with Crippen LogP contribution in [0.5, 0.6) is 0 Å². The topological polar surface area (TPSA) is 24.1 Å². The third-order valence-electron chi connectivity index (χ3n) is 1.10. The minimum absolute atomic E-state index is 0.319. The molecule has 0 aliphatic carbocycles. The molecule has 2 heteroatoms. The Hall–Kier alpha value is -0.760. The highest BCUT2D eigenvalue weighted by Gasteiger charge is 1.95. The fourth-order valence-electron chi connectivity index (χ4n) is 0.625. The smallest absolute Gasteiger partial charge is 0.0957 e. The summed E-state index contributed by atoms with van der Waals surface area (Å²) in [6.07, 6.45) is 8.27. The van der Waals surface area contributed by atoms with Crippen LogP contribution in [0.4, 0.5) is 0 Å². The lowest BCUT2D eigenvalue weighted by Gasteiger charge is -2.13. The first-order chi connectivity index (χ1) is 3.93. The van der Waals surface area contributed by atoms with Crippen LogP contribution in [-0.4, -0.2) is 13.2 Å². The molecule has 2 nitrogen and oxygen atoms in total. The summed E-state index contributed by atoms with van der Waals surface area (Å²) in [4.78, 5) is 0. The number of likely N-dealkylation sites (N-methyl/N-ethyl adjacent to an activating group) is 1. The van der Waals surface area contributed by atoms with Crippen molar-refractivity contribution in [3.8, 4) is 0 Å². The summed E-state index contributed by atoms with van der Waals surface area (Å²) in [5, 5.41) is 6.14. The number of nitrogens with one attached hydrogen (secondary N) is 2. The van der Waals surface area contributed by atoms with Crippen molar-refractivity contribution in [2.75, 3.05) is 7.05 Å². The highest BCUT2D eigenvalue weighted by molar-refractivity contribution is 5.10. The number of rotatable bonds is 1. The second-order valence-electron chi connectivity index (χ2n) is 1.68. The minimum atomic E-state index is 0.319. The second kappa shape index (κ2) is 2.52. The zero-order valence-electron chi connectivity index (χ0n) is 4.89. The lowest BCUT2D eigenvalue weighted by Crippen LogP contribution is -2.35. The van der Waals surface area contributed by atoms with Crippen molar-refractivity contribution in [3.05, 3.63) is 24.4 Å². The highest BCUT2D eigenvalue weighted by atomic mass is 15.1. The van der Waals surface area contributed by atoms with E-state index in [9.17, 15) is 0 Å². The van der Waals surface area contributed by atoms with E-state index in [-0.39, 0.29) is 0 Å². The predicted molar refractivity (Wildman–Crippen MR) is 34.3 cm³/mol. The van der Waals surface area contributed by atoms with Gasteiger partial charge < -0.3 is 5.32 Å². The SMILES string of the molecule is CNC1C=CC=CN1. The lowest BCUT2D eigenvalue weighted by atomic mass is 10.3. The fourth-order valence-corrected chi connectivity index (χ4v) is 0.625. The third kappa shape index (κ3) is 1.10. The van der Waals surface area contributed by atoms with Crippen LogP contribution >= 0.6 is 0 Å². The van der Waals surface area contributed by atoms with Crippen LogP contribution in [0.25, 0.3) is 0 Å². The zero-order chi connectivity index (χ0) is 5.82. The van der Waals surface area contributed by atoms with E-state index in [0.717, 1.165) is 0 Å². The molecule has 0 fully saturated rings. The predicted octanol–water partition coefficient (Wildman–Crippen LogP) is 0.205. The first-order valence-electron chi connectivity index (χ1n) is 2.70. The van der Waals surface area contributed by atoms with Crippen LogP contribution in [0.15, 0.2) is 24.4 Å². The van der Waals surface area contributed by atoms with Gasteiger partial charge in [0.1, 0.15) is 0 Å². The van der Waals surface area contributed by atoms with Crippen molar-refractivity contribution in [3.63, 3.8) is 0 Å².